The van der Waals surface area contributed by atoms with Crippen LogP contribution in [0.4, 0.5) is 5.69 Å². The van der Waals surface area contributed by atoms with Crippen molar-refractivity contribution in [2.45, 2.75) is 0 Å². The van der Waals surface area contributed by atoms with Crippen LogP contribution in [0.1, 0.15) is 20.7 Å². The first-order valence-electron chi connectivity index (χ1n) is 6.79. The summed E-state index contributed by atoms with van der Waals surface area (Å²) in [6.45, 7) is 0. The number of anilines is 1. The van der Waals surface area contributed by atoms with E-state index in [1.54, 1.807) is 30.3 Å². The summed E-state index contributed by atoms with van der Waals surface area (Å²) in [4.78, 5) is 40.6. The van der Waals surface area contributed by atoms with Crippen LogP contribution >= 0.6 is 0 Å². The molecule has 0 radical (unpaired) electrons. The number of carbonyl (C=O) groups excluding carboxylic acids is 2. The highest BCUT2D eigenvalue weighted by Gasteiger charge is 2.17. The molecule has 3 rings (SSSR count). The second kappa shape index (κ2) is 5.80. The zero-order valence-electron chi connectivity index (χ0n) is 12.2. The van der Waals surface area contributed by atoms with Crippen LogP contribution in [0.2, 0.25) is 0 Å². The van der Waals surface area contributed by atoms with Crippen molar-refractivity contribution < 1.29 is 14.3 Å². The lowest BCUT2D eigenvalue weighted by atomic mass is 10.1. The number of aromatic amines is 2. The maximum absolute atomic E-state index is 12.4. The fourth-order valence-corrected chi connectivity index (χ4v) is 2.28. The Morgan fingerprint density at radius 3 is 2.43 bits per heavy atom. The van der Waals surface area contributed by atoms with Crippen LogP contribution in [0.25, 0.3) is 11.0 Å². The Morgan fingerprint density at radius 1 is 1.00 bits per heavy atom. The lowest BCUT2D eigenvalue weighted by Crippen LogP contribution is -2.17. The monoisotopic (exact) mass is 311 g/mol. The molecular weight excluding hydrogens is 298 g/mol. The van der Waals surface area contributed by atoms with Gasteiger partial charge in [0.25, 0.3) is 5.91 Å². The van der Waals surface area contributed by atoms with Gasteiger partial charge in [0.15, 0.2) is 0 Å². The molecule has 0 fully saturated rings. The number of nitrogens with one attached hydrogen (secondary N) is 3. The van der Waals surface area contributed by atoms with E-state index in [4.69, 9.17) is 0 Å². The van der Waals surface area contributed by atoms with Gasteiger partial charge in [-0.05, 0) is 30.3 Å². The van der Waals surface area contributed by atoms with Gasteiger partial charge in [0.2, 0.25) is 0 Å². The summed E-state index contributed by atoms with van der Waals surface area (Å²) >= 11 is 0. The quantitative estimate of drug-likeness (QED) is 0.642. The number of carbonyl (C=O) groups is 2. The minimum atomic E-state index is -0.582. The maximum Gasteiger partial charge on any atom is 0.338 e. The van der Waals surface area contributed by atoms with E-state index in [1.807, 2.05) is 0 Å². The number of esters is 1. The molecule has 0 spiro atoms. The summed E-state index contributed by atoms with van der Waals surface area (Å²) in [5, 5.41) is 2.70. The first kappa shape index (κ1) is 14.6. The molecule has 0 aliphatic carbocycles. The van der Waals surface area contributed by atoms with Crippen molar-refractivity contribution in [3.8, 4) is 0 Å². The second-order valence-electron chi connectivity index (χ2n) is 4.83. The molecule has 116 valence electrons. The van der Waals surface area contributed by atoms with E-state index in [1.165, 1.54) is 19.2 Å². The second-order valence-corrected chi connectivity index (χ2v) is 4.83. The third-order valence-electron chi connectivity index (χ3n) is 3.35. The van der Waals surface area contributed by atoms with Crippen LogP contribution in [-0.4, -0.2) is 29.0 Å². The van der Waals surface area contributed by atoms with Crippen molar-refractivity contribution in [1.82, 2.24) is 9.97 Å². The maximum atomic E-state index is 12.4. The molecule has 0 bridgehead atoms. The van der Waals surface area contributed by atoms with E-state index < -0.39 is 11.9 Å². The van der Waals surface area contributed by atoms with Gasteiger partial charge in [0.05, 0.1) is 29.3 Å². The van der Waals surface area contributed by atoms with E-state index in [0.717, 1.165) is 0 Å². The zero-order chi connectivity index (χ0) is 16.4. The van der Waals surface area contributed by atoms with Gasteiger partial charge < -0.3 is 20.0 Å². The summed E-state index contributed by atoms with van der Waals surface area (Å²) in [6.07, 6.45) is 0. The molecule has 0 aliphatic heterocycles. The van der Waals surface area contributed by atoms with E-state index in [2.05, 4.69) is 20.0 Å². The van der Waals surface area contributed by atoms with Crippen LogP contribution < -0.4 is 11.0 Å². The Labute approximate surface area is 130 Å². The SMILES string of the molecule is COC(=O)c1ccccc1C(=O)Nc1ccc2[nH]c(=O)[nH]c2c1. The molecule has 0 saturated carbocycles. The average molecular weight is 311 g/mol. The van der Waals surface area contributed by atoms with Gasteiger partial charge in [-0.3, -0.25) is 4.79 Å². The molecule has 0 atom stereocenters. The standard InChI is InChI=1S/C16H13N3O4/c1-23-15(21)11-5-3-2-4-10(11)14(20)17-9-6-7-12-13(8-9)19-16(22)18-12/h2-8H,1H3,(H,17,20)(H2,18,19,22). The Bertz CT molecular complexity index is 955. The predicted molar refractivity (Wildman–Crippen MR) is 84.7 cm³/mol. The van der Waals surface area contributed by atoms with E-state index in [9.17, 15) is 14.4 Å². The number of rotatable bonds is 3. The number of ether oxygens (including phenoxy) is 1. The molecular formula is C16H13N3O4. The van der Waals surface area contributed by atoms with Gasteiger partial charge >= 0.3 is 11.7 Å². The summed E-state index contributed by atoms with van der Waals surface area (Å²) in [5.41, 5.74) is 1.79. The number of methoxy groups -OCH3 is 1. The molecule has 23 heavy (non-hydrogen) atoms. The van der Waals surface area contributed by atoms with Gasteiger partial charge in [-0.1, -0.05) is 12.1 Å². The number of hydrogen-bond donors (Lipinski definition) is 3. The highest BCUT2D eigenvalue weighted by molar-refractivity contribution is 6.11. The Morgan fingerprint density at radius 2 is 1.70 bits per heavy atom. The third-order valence-corrected chi connectivity index (χ3v) is 3.35. The highest BCUT2D eigenvalue weighted by Crippen LogP contribution is 2.17. The normalized spacial score (nSPS) is 10.5. The van der Waals surface area contributed by atoms with E-state index in [0.29, 0.717) is 16.7 Å². The number of fused-ring (bicyclic) bond motifs is 1. The molecule has 1 amide bonds. The summed E-state index contributed by atoms with van der Waals surface area (Å²) in [7, 11) is 1.26. The van der Waals surface area contributed by atoms with Crippen molar-refractivity contribution in [3.05, 3.63) is 64.1 Å². The van der Waals surface area contributed by atoms with Crippen molar-refractivity contribution in [2.75, 3.05) is 12.4 Å². The molecule has 0 aliphatic rings. The predicted octanol–water partition coefficient (Wildman–Crippen LogP) is 1.90. The topological polar surface area (TPSA) is 104 Å². The number of benzene rings is 2. The number of amides is 1. The van der Waals surface area contributed by atoms with Crippen LogP contribution in [0.3, 0.4) is 0 Å². The van der Waals surface area contributed by atoms with Crippen molar-refractivity contribution >= 4 is 28.6 Å². The zero-order valence-corrected chi connectivity index (χ0v) is 12.2. The smallest absolute Gasteiger partial charge is 0.338 e. The number of hydrogen-bond acceptors (Lipinski definition) is 4. The van der Waals surface area contributed by atoms with Crippen molar-refractivity contribution in [2.24, 2.45) is 0 Å². The first-order valence-corrected chi connectivity index (χ1v) is 6.79. The summed E-state index contributed by atoms with van der Waals surface area (Å²) < 4.78 is 4.67. The molecule has 1 aromatic heterocycles. The molecule has 1 heterocycles. The van der Waals surface area contributed by atoms with E-state index >= 15 is 0 Å². The minimum Gasteiger partial charge on any atom is -0.465 e. The van der Waals surface area contributed by atoms with Crippen molar-refractivity contribution in [1.29, 1.82) is 0 Å². The van der Waals surface area contributed by atoms with Crippen molar-refractivity contribution in [3.63, 3.8) is 0 Å². The van der Waals surface area contributed by atoms with Crippen LogP contribution in [0.15, 0.2) is 47.3 Å². The summed E-state index contributed by atoms with van der Waals surface area (Å²) in [6, 6.07) is 11.3. The van der Waals surface area contributed by atoms with Crippen LogP contribution in [-0.2, 0) is 4.74 Å². The van der Waals surface area contributed by atoms with Gasteiger partial charge in [-0.15, -0.1) is 0 Å². The molecule has 0 saturated heterocycles. The van der Waals surface area contributed by atoms with Gasteiger partial charge in [0.1, 0.15) is 0 Å². The fraction of sp³-hybridized carbons (Fsp3) is 0.0625. The average Bonchev–Trinajstić information content (AvgIpc) is 2.93. The molecule has 7 nitrogen and oxygen atoms in total. The molecule has 0 unspecified atom stereocenters. The molecule has 2 aromatic carbocycles. The fourth-order valence-electron chi connectivity index (χ4n) is 2.28. The Balaban J connectivity index is 1.91. The van der Waals surface area contributed by atoms with E-state index in [-0.39, 0.29) is 16.8 Å². The van der Waals surface area contributed by atoms with Gasteiger partial charge in [0, 0.05) is 5.69 Å². The first-order chi connectivity index (χ1) is 11.1. The lowest BCUT2D eigenvalue weighted by molar-refractivity contribution is 0.0597. The highest BCUT2D eigenvalue weighted by atomic mass is 16.5. The number of H-pyrrole nitrogens is 2. The number of imidazole rings is 1. The largest absolute Gasteiger partial charge is 0.465 e. The van der Waals surface area contributed by atoms with Crippen LogP contribution in [0, 0.1) is 0 Å². The van der Waals surface area contributed by atoms with Gasteiger partial charge in [-0.2, -0.15) is 0 Å². The number of aromatic nitrogens is 2. The lowest BCUT2D eigenvalue weighted by Gasteiger charge is -2.09. The Kier molecular flexibility index (Phi) is 3.68. The molecule has 7 heteroatoms. The summed E-state index contributed by atoms with van der Waals surface area (Å²) in [5.74, 6) is -1.02. The third kappa shape index (κ3) is 2.84. The molecule has 3 N–H and O–H groups in total. The van der Waals surface area contributed by atoms with Crippen LogP contribution in [0.5, 0.6) is 0 Å². The van der Waals surface area contributed by atoms with Gasteiger partial charge in [-0.25, -0.2) is 9.59 Å². The molecule has 3 aromatic rings. The minimum absolute atomic E-state index is 0.184. The Hall–Kier alpha value is -3.35.